The van der Waals surface area contributed by atoms with E-state index in [9.17, 15) is 0 Å². The molecule has 0 aliphatic carbocycles. The summed E-state index contributed by atoms with van der Waals surface area (Å²) in [7, 11) is 0. The summed E-state index contributed by atoms with van der Waals surface area (Å²) in [6.07, 6.45) is 9.49. The maximum absolute atomic E-state index is 6.00. The Balaban J connectivity index is 2.05. The predicted octanol–water partition coefficient (Wildman–Crippen LogP) is 3.36. The van der Waals surface area contributed by atoms with Gasteiger partial charge in [0.05, 0.1) is 5.02 Å². The predicted molar refractivity (Wildman–Crippen MR) is 73.2 cm³/mol. The topological polar surface area (TPSA) is 24.9 Å². The van der Waals surface area contributed by atoms with E-state index in [-0.39, 0.29) is 0 Å². The van der Waals surface area contributed by atoms with Gasteiger partial charge in [0.15, 0.2) is 0 Å². The first-order valence-corrected chi connectivity index (χ1v) is 7.40. The second-order valence-corrected chi connectivity index (χ2v) is 5.09. The zero-order valence-electron chi connectivity index (χ0n) is 9.71. The van der Waals surface area contributed by atoms with Crippen LogP contribution < -0.4 is 5.32 Å². The number of pyridine rings is 1. The third-order valence-corrected chi connectivity index (χ3v) is 3.41. The zero-order chi connectivity index (χ0) is 11.6. The van der Waals surface area contributed by atoms with Crippen molar-refractivity contribution in [3.63, 3.8) is 0 Å². The van der Waals surface area contributed by atoms with E-state index < -0.39 is 0 Å². The van der Waals surface area contributed by atoms with Gasteiger partial charge >= 0.3 is 0 Å². The SMILES string of the molecule is CSCCCCCNCc1ccncc1Cl. The van der Waals surface area contributed by atoms with Crippen LogP contribution in [0.5, 0.6) is 0 Å². The molecule has 0 aromatic carbocycles. The molecule has 1 aromatic rings. The van der Waals surface area contributed by atoms with Crippen LogP contribution in [0, 0.1) is 0 Å². The first kappa shape index (κ1) is 13.8. The summed E-state index contributed by atoms with van der Waals surface area (Å²) in [6, 6.07) is 1.96. The van der Waals surface area contributed by atoms with E-state index in [1.165, 1.54) is 25.0 Å². The Morgan fingerprint density at radius 1 is 1.38 bits per heavy atom. The summed E-state index contributed by atoms with van der Waals surface area (Å²) in [4.78, 5) is 3.96. The Bertz CT molecular complexity index is 294. The highest BCUT2D eigenvalue weighted by Gasteiger charge is 1.98. The Hall–Kier alpha value is -0.250. The lowest BCUT2D eigenvalue weighted by atomic mass is 10.2. The second-order valence-electron chi connectivity index (χ2n) is 3.70. The molecule has 0 aliphatic heterocycles. The minimum absolute atomic E-state index is 0.748. The van der Waals surface area contributed by atoms with Gasteiger partial charge in [0.2, 0.25) is 0 Å². The van der Waals surface area contributed by atoms with Gasteiger partial charge in [-0.05, 0) is 43.0 Å². The highest BCUT2D eigenvalue weighted by Crippen LogP contribution is 2.12. The van der Waals surface area contributed by atoms with Crippen LogP contribution in [0.25, 0.3) is 0 Å². The smallest absolute Gasteiger partial charge is 0.0634 e. The molecule has 0 saturated heterocycles. The Morgan fingerprint density at radius 2 is 2.25 bits per heavy atom. The molecule has 1 N–H and O–H groups in total. The van der Waals surface area contributed by atoms with Crippen molar-refractivity contribution in [3.8, 4) is 0 Å². The summed E-state index contributed by atoms with van der Waals surface area (Å²) in [5.41, 5.74) is 1.13. The molecule has 0 saturated carbocycles. The van der Waals surface area contributed by atoms with E-state index in [2.05, 4.69) is 16.6 Å². The number of halogens is 1. The van der Waals surface area contributed by atoms with Crippen molar-refractivity contribution in [1.29, 1.82) is 0 Å². The third kappa shape index (κ3) is 5.73. The lowest BCUT2D eigenvalue weighted by Gasteiger charge is -2.05. The van der Waals surface area contributed by atoms with E-state index >= 15 is 0 Å². The van der Waals surface area contributed by atoms with Gasteiger partial charge in [0, 0.05) is 18.9 Å². The van der Waals surface area contributed by atoms with Gasteiger partial charge in [-0.2, -0.15) is 11.8 Å². The van der Waals surface area contributed by atoms with Crippen molar-refractivity contribution in [2.75, 3.05) is 18.6 Å². The lowest BCUT2D eigenvalue weighted by Crippen LogP contribution is -2.15. The molecule has 0 spiro atoms. The fraction of sp³-hybridized carbons (Fsp3) is 0.583. The number of aromatic nitrogens is 1. The minimum atomic E-state index is 0.748. The first-order valence-electron chi connectivity index (χ1n) is 5.62. The normalized spacial score (nSPS) is 10.6. The number of hydrogen-bond donors (Lipinski definition) is 1. The monoisotopic (exact) mass is 258 g/mol. The largest absolute Gasteiger partial charge is 0.313 e. The molecule has 1 heterocycles. The third-order valence-electron chi connectivity index (χ3n) is 2.37. The van der Waals surface area contributed by atoms with Crippen molar-refractivity contribution in [1.82, 2.24) is 10.3 Å². The fourth-order valence-corrected chi connectivity index (χ4v) is 2.12. The standard InChI is InChI=1S/C12H19ClN2S/c1-16-8-4-2-3-6-14-9-11-5-7-15-10-12(11)13/h5,7,10,14H,2-4,6,8-9H2,1H3. The molecule has 0 radical (unpaired) electrons. The van der Waals surface area contributed by atoms with Crippen LogP contribution in [-0.2, 0) is 6.54 Å². The Kier molecular flexibility index (Phi) is 7.64. The summed E-state index contributed by atoms with van der Waals surface area (Å²) in [6.45, 7) is 1.90. The number of unbranched alkanes of at least 4 members (excludes halogenated alkanes) is 2. The van der Waals surface area contributed by atoms with Gasteiger partial charge in [0.25, 0.3) is 0 Å². The van der Waals surface area contributed by atoms with Crippen molar-refractivity contribution in [2.24, 2.45) is 0 Å². The average Bonchev–Trinajstić information content (AvgIpc) is 2.30. The summed E-state index contributed by atoms with van der Waals surface area (Å²) in [5, 5.41) is 4.15. The van der Waals surface area contributed by atoms with Crippen LogP contribution in [0.2, 0.25) is 5.02 Å². The van der Waals surface area contributed by atoms with Crippen molar-refractivity contribution < 1.29 is 0 Å². The molecule has 4 heteroatoms. The molecule has 0 bridgehead atoms. The number of nitrogens with zero attached hydrogens (tertiary/aromatic N) is 1. The quantitative estimate of drug-likeness (QED) is 0.724. The molecular weight excluding hydrogens is 240 g/mol. The molecular formula is C12H19ClN2S. The number of nitrogens with one attached hydrogen (secondary N) is 1. The number of hydrogen-bond acceptors (Lipinski definition) is 3. The van der Waals surface area contributed by atoms with Crippen molar-refractivity contribution in [2.45, 2.75) is 25.8 Å². The van der Waals surface area contributed by atoms with Gasteiger partial charge in [-0.15, -0.1) is 0 Å². The van der Waals surface area contributed by atoms with Gasteiger partial charge in [0.1, 0.15) is 0 Å². The Labute approximate surface area is 107 Å². The molecule has 2 nitrogen and oxygen atoms in total. The summed E-state index contributed by atoms with van der Waals surface area (Å²) >= 11 is 7.92. The van der Waals surface area contributed by atoms with Crippen molar-refractivity contribution in [3.05, 3.63) is 29.0 Å². The van der Waals surface area contributed by atoms with Crippen LogP contribution in [0.3, 0.4) is 0 Å². The highest BCUT2D eigenvalue weighted by molar-refractivity contribution is 7.98. The minimum Gasteiger partial charge on any atom is -0.313 e. The van der Waals surface area contributed by atoms with Crippen LogP contribution >= 0.6 is 23.4 Å². The molecule has 0 amide bonds. The maximum atomic E-state index is 6.00. The molecule has 90 valence electrons. The molecule has 1 aromatic heterocycles. The molecule has 1 rings (SSSR count). The molecule has 0 unspecified atom stereocenters. The Morgan fingerprint density at radius 3 is 3.00 bits per heavy atom. The van der Waals surface area contributed by atoms with Gasteiger partial charge in [-0.25, -0.2) is 0 Å². The van der Waals surface area contributed by atoms with Crippen LogP contribution in [-0.4, -0.2) is 23.5 Å². The second kappa shape index (κ2) is 8.85. The van der Waals surface area contributed by atoms with E-state index in [4.69, 9.17) is 11.6 Å². The molecule has 0 fully saturated rings. The summed E-state index contributed by atoms with van der Waals surface area (Å²) < 4.78 is 0. The van der Waals surface area contributed by atoms with Crippen LogP contribution in [0.15, 0.2) is 18.5 Å². The zero-order valence-corrected chi connectivity index (χ0v) is 11.3. The molecule has 16 heavy (non-hydrogen) atoms. The van der Waals surface area contributed by atoms with E-state index in [0.717, 1.165) is 23.7 Å². The maximum Gasteiger partial charge on any atom is 0.0634 e. The van der Waals surface area contributed by atoms with E-state index in [1.54, 1.807) is 12.4 Å². The molecule has 0 aliphatic rings. The first-order chi connectivity index (χ1) is 7.84. The van der Waals surface area contributed by atoms with Crippen LogP contribution in [0.4, 0.5) is 0 Å². The van der Waals surface area contributed by atoms with Gasteiger partial charge in [-0.1, -0.05) is 18.0 Å². The molecule has 0 atom stereocenters. The van der Waals surface area contributed by atoms with Gasteiger partial charge < -0.3 is 5.32 Å². The van der Waals surface area contributed by atoms with Gasteiger partial charge in [-0.3, -0.25) is 4.98 Å². The lowest BCUT2D eigenvalue weighted by molar-refractivity contribution is 0.618. The average molecular weight is 259 g/mol. The fourth-order valence-electron chi connectivity index (χ4n) is 1.44. The van der Waals surface area contributed by atoms with E-state index in [0.29, 0.717) is 0 Å². The van der Waals surface area contributed by atoms with Crippen LogP contribution in [0.1, 0.15) is 24.8 Å². The number of thioether (sulfide) groups is 1. The number of rotatable bonds is 8. The van der Waals surface area contributed by atoms with Crippen molar-refractivity contribution >= 4 is 23.4 Å². The summed E-state index contributed by atoms with van der Waals surface area (Å²) in [5.74, 6) is 1.27. The van der Waals surface area contributed by atoms with E-state index in [1.807, 2.05) is 17.8 Å². The highest BCUT2D eigenvalue weighted by atomic mass is 35.5.